The number of amides is 2. The highest BCUT2D eigenvalue weighted by Crippen LogP contribution is 2.52. The molecule has 0 aliphatic carbocycles. The number of hydrogen-bond donors (Lipinski definition) is 0. The van der Waals surface area contributed by atoms with Crippen molar-refractivity contribution < 1.29 is 32.3 Å². The maximum absolute atomic E-state index is 13.3. The number of hydrogen-bond acceptors (Lipinski definition) is 6. The van der Waals surface area contributed by atoms with Gasteiger partial charge >= 0.3 is 7.60 Å². The molecular weight excluding hydrogens is 424 g/mol. The second-order valence-electron chi connectivity index (χ2n) is 7.19. The first-order valence-corrected chi connectivity index (χ1v) is 11.7. The molecule has 1 aliphatic heterocycles. The van der Waals surface area contributed by atoms with E-state index in [9.17, 15) is 18.5 Å². The third-order valence-electron chi connectivity index (χ3n) is 4.87. The number of fused-ring (bicyclic) bond motifs is 1. The van der Waals surface area contributed by atoms with E-state index in [1.807, 2.05) is 0 Å². The van der Waals surface area contributed by atoms with Crippen molar-refractivity contribution in [1.82, 2.24) is 4.90 Å². The van der Waals surface area contributed by atoms with Crippen LogP contribution in [0.5, 0.6) is 0 Å². The van der Waals surface area contributed by atoms with E-state index >= 15 is 0 Å². The van der Waals surface area contributed by atoms with Gasteiger partial charge in [0.15, 0.2) is 5.72 Å². The zero-order valence-corrected chi connectivity index (χ0v) is 18.6. The Kier molecular flexibility index (Phi) is 7.06. The van der Waals surface area contributed by atoms with Crippen molar-refractivity contribution in [2.24, 2.45) is 0 Å². The zero-order valence-electron chi connectivity index (χ0n) is 17.7. The number of rotatable bonds is 10. The quantitative estimate of drug-likeness (QED) is 0.389. The van der Waals surface area contributed by atoms with E-state index in [0.717, 1.165) is 4.90 Å². The van der Waals surface area contributed by atoms with E-state index in [1.165, 1.54) is 31.2 Å². The molecule has 0 saturated heterocycles. The molecule has 0 aromatic heterocycles. The van der Waals surface area contributed by atoms with Gasteiger partial charge < -0.3 is 13.8 Å². The van der Waals surface area contributed by atoms with E-state index in [2.05, 4.69) is 0 Å². The smallest absolute Gasteiger partial charge is 0.335 e. The summed E-state index contributed by atoms with van der Waals surface area (Å²) in [4.78, 5) is 27.2. The monoisotopic (exact) mass is 449 g/mol. The first-order chi connectivity index (χ1) is 14.7. The lowest BCUT2D eigenvalue weighted by atomic mass is 10.1. The minimum atomic E-state index is -3.70. The predicted octanol–water partition coefficient (Wildman–Crippen LogP) is 4.62. The molecule has 2 aromatic rings. The molecule has 0 bridgehead atoms. The van der Waals surface area contributed by atoms with Crippen LogP contribution in [-0.4, -0.2) is 41.8 Å². The lowest BCUT2D eigenvalue weighted by molar-refractivity contribution is -0.104. The topological polar surface area (TPSA) is 82.1 Å². The number of ether oxygens (including phenoxy) is 1. The first-order valence-electron chi connectivity index (χ1n) is 9.97. The van der Waals surface area contributed by atoms with Crippen molar-refractivity contribution >= 4 is 19.4 Å². The Morgan fingerprint density at radius 2 is 1.45 bits per heavy atom. The lowest BCUT2D eigenvalue weighted by Gasteiger charge is -2.38. The Labute approximate surface area is 180 Å². The second-order valence-corrected chi connectivity index (χ2v) is 9.24. The van der Waals surface area contributed by atoms with E-state index in [0.29, 0.717) is 5.56 Å². The van der Waals surface area contributed by atoms with Gasteiger partial charge in [-0.1, -0.05) is 24.3 Å². The highest BCUT2D eigenvalue weighted by atomic mass is 31.2. The van der Waals surface area contributed by atoms with Gasteiger partial charge in [-0.15, -0.1) is 0 Å². The van der Waals surface area contributed by atoms with Gasteiger partial charge in [-0.25, -0.2) is 9.29 Å². The standard InChI is InChI=1S/C22H25FNO6P/c1-4-29-31(27,30-5-2)15-22(3,28-14-16-10-12-17(23)13-11-16)24-20(25)18-8-6-7-9-19(18)21(24)26/h6-13H,4-5,14-15H2,1-3H3. The minimum absolute atomic E-state index is 0.0531. The molecule has 1 atom stereocenters. The Hall–Kier alpha value is -2.38. The molecule has 0 fully saturated rings. The molecule has 7 nitrogen and oxygen atoms in total. The van der Waals surface area contributed by atoms with Crippen LogP contribution < -0.4 is 0 Å². The molecule has 0 saturated carbocycles. The Morgan fingerprint density at radius 3 is 1.94 bits per heavy atom. The summed E-state index contributed by atoms with van der Waals surface area (Å²) in [7, 11) is -3.70. The highest BCUT2D eigenvalue weighted by Gasteiger charge is 2.51. The van der Waals surface area contributed by atoms with Crippen LogP contribution >= 0.6 is 7.60 Å². The Morgan fingerprint density at radius 1 is 0.935 bits per heavy atom. The summed E-state index contributed by atoms with van der Waals surface area (Å²) in [5.41, 5.74) is -0.535. The van der Waals surface area contributed by atoms with E-state index in [-0.39, 0.29) is 37.1 Å². The SMILES string of the molecule is CCOP(=O)(CC(C)(OCc1ccc(F)cc1)N1C(=O)c2ccccc2C1=O)OCC. The van der Waals surface area contributed by atoms with Gasteiger partial charge in [0.1, 0.15) is 5.82 Å². The summed E-state index contributed by atoms with van der Waals surface area (Å²) < 4.78 is 43.4. The Bertz CT molecular complexity index is 966. The molecule has 0 N–H and O–H groups in total. The fourth-order valence-corrected chi connectivity index (χ4v) is 5.50. The normalized spacial score (nSPS) is 15.8. The molecule has 166 valence electrons. The van der Waals surface area contributed by atoms with Crippen LogP contribution in [0.25, 0.3) is 0 Å². The summed E-state index contributed by atoms with van der Waals surface area (Å²) >= 11 is 0. The number of benzene rings is 2. The summed E-state index contributed by atoms with van der Waals surface area (Å²) in [5, 5.41) is 0. The molecule has 9 heteroatoms. The van der Waals surface area contributed by atoms with Crippen LogP contribution in [-0.2, 0) is 25.0 Å². The van der Waals surface area contributed by atoms with Crippen molar-refractivity contribution in [1.29, 1.82) is 0 Å². The summed E-state index contributed by atoms with van der Waals surface area (Å²) in [6.07, 6.45) is -0.353. The fourth-order valence-electron chi connectivity index (χ4n) is 3.50. The van der Waals surface area contributed by atoms with Gasteiger partial charge in [0.05, 0.1) is 37.1 Å². The molecule has 2 amide bonds. The van der Waals surface area contributed by atoms with Crippen molar-refractivity contribution in [2.45, 2.75) is 33.1 Å². The fraction of sp³-hybridized carbons (Fsp3) is 0.364. The largest absolute Gasteiger partial charge is 0.350 e. The third-order valence-corrected chi connectivity index (χ3v) is 7.15. The van der Waals surface area contributed by atoms with E-state index in [1.54, 1.807) is 38.1 Å². The van der Waals surface area contributed by atoms with Gasteiger partial charge in [0.2, 0.25) is 0 Å². The molecular formula is C22H25FNO6P. The average molecular weight is 449 g/mol. The molecule has 1 heterocycles. The van der Waals surface area contributed by atoms with Gasteiger partial charge in [0, 0.05) is 0 Å². The zero-order chi connectivity index (χ0) is 22.6. The van der Waals surface area contributed by atoms with Crippen LogP contribution in [0.15, 0.2) is 48.5 Å². The summed E-state index contributed by atoms with van der Waals surface area (Å²) in [6, 6.07) is 12.1. The van der Waals surface area contributed by atoms with Crippen molar-refractivity contribution in [3.05, 3.63) is 71.0 Å². The molecule has 0 radical (unpaired) electrons. The molecule has 1 unspecified atom stereocenters. The molecule has 1 aliphatic rings. The van der Waals surface area contributed by atoms with Crippen LogP contribution in [0.1, 0.15) is 47.1 Å². The van der Waals surface area contributed by atoms with Gasteiger partial charge in [-0.05, 0) is 50.6 Å². The molecule has 2 aromatic carbocycles. The molecule has 0 spiro atoms. The lowest BCUT2D eigenvalue weighted by Crippen LogP contribution is -2.54. The molecule has 3 rings (SSSR count). The van der Waals surface area contributed by atoms with Crippen LogP contribution in [0.4, 0.5) is 4.39 Å². The van der Waals surface area contributed by atoms with Gasteiger partial charge in [-0.3, -0.25) is 14.2 Å². The van der Waals surface area contributed by atoms with E-state index < -0.39 is 31.0 Å². The maximum Gasteiger partial charge on any atom is 0.335 e. The molecule has 31 heavy (non-hydrogen) atoms. The van der Waals surface area contributed by atoms with Crippen LogP contribution in [0.2, 0.25) is 0 Å². The number of carbonyl (C=O) groups excluding carboxylic acids is 2. The third kappa shape index (κ3) is 4.93. The number of halogens is 1. The first kappa shape index (κ1) is 23.3. The second kappa shape index (κ2) is 9.40. The van der Waals surface area contributed by atoms with Crippen molar-refractivity contribution in [3.63, 3.8) is 0 Å². The van der Waals surface area contributed by atoms with Crippen LogP contribution in [0, 0.1) is 5.82 Å². The number of imide groups is 1. The highest BCUT2D eigenvalue weighted by molar-refractivity contribution is 7.53. The van der Waals surface area contributed by atoms with Crippen molar-refractivity contribution in [3.8, 4) is 0 Å². The van der Waals surface area contributed by atoms with Gasteiger partial charge in [0.25, 0.3) is 11.8 Å². The summed E-state index contributed by atoms with van der Waals surface area (Å²) in [6.45, 7) is 5.03. The minimum Gasteiger partial charge on any atom is -0.350 e. The van der Waals surface area contributed by atoms with Gasteiger partial charge in [-0.2, -0.15) is 0 Å². The van der Waals surface area contributed by atoms with Crippen LogP contribution in [0.3, 0.4) is 0 Å². The predicted molar refractivity (Wildman–Crippen MR) is 112 cm³/mol. The summed E-state index contributed by atoms with van der Waals surface area (Å²) in [5.74, 6) is -1.51. The average Bonchev–Trinajstić information content (AvgIpc) is 2.99. The maximum atomic E-state index is 13.3. The number of nitrogens with zero attached hydrogens (tertiary/aromatic N) is 1. The Balaban J connectivity index is 1.97. The van der Waals surface area contributed by atoms with E-state index in [4.69, 9.17) is 13.8 Å². The van der Waals surface area contributed by atoms with Crippen molar-refractivity contribution in [2.75, 3.05) is 19.4 Å². The number of carbonyl (C=O) groups is 2.